The fourth-order valence-corrected chi connectivity index (χ4v) is 3.29. The normalized spacial score (nSPS) is 29.1. The Bertz CT molecular complexity index is 175. The molecule has 0 bridgehead atoms. The highest BCUT2D eigenvalue weighted by molar-refractivity contribution is 8.20. The minimum atomic E-state index is -2.83. The van der Waals surface area contributed by atoms with Crippen LogP contribution in [-0.4, -0.2) is 22.8 Å². The summed E-state index contributed by atoms with van der Waals surface area (Å²) in [4.78, 5) is 0. The van der Waals surface area contributed by atoms with Crippen LogP contribution >= 0.6 is 0 Å². The highest BCUT2D eigenvalue weighted by Gasteiger charge is 2.28. The molecule has 0 spiro atoms. The van der Waals surface area contributed by atoms with Gasteiger partial charge in [-0.2, -0.15) is 0 Å². The van der Waals surface area contributed by atoms with E-state index in [1.807, 2.05) is 0 Å². The van der Waals surface area contributed by atoms with Gasteiger partial charge < -0.3 is 0 Å². The molecule has 5 heteroatoms. The molecular formula is C2H4O3S2. The predicted octanol–water partition coefficient (Wildman–Crippen LogP) is -0.921. The fourth-order valence-electron chi connectivity index (χ4n) is 0.366. The Labute approximate surface area is 44.1 Å². The van der Waals surface area contributed by atoms with Crippen LogP contribution in [0.25, 0.3) is 0 Å². The van der Waals surface area contributed by atoms with Crippen LogP contribution < -0.4 is 0 Å². The summed E-state index contributed by atoms with van der Waals surface area (Å²) in [5, 5.41) is -0.236. The molecule has 1 fully saturated rings. The lowest BCUT2D eigenvalue weighted by Gasteiger charge is -2.09. The van der Waals surface area contributed by atoms with Crippen molar-refractivity contribution in [3.63, 3.8) is 0 Å². The summed E-state index contributed by atoms with van der Waals surface area (Å²) < 4.78 is 30.3. The molecule has 0 amide bonds. The quantitative estimate of drug-likeness (QED) is 0.437. The summed E-state index contributed by atoms with van der Waals surface area (Å²) in [6, 6.07) is 0. The maximum absolute atomic E-state index is 10.1. The van der Waals surface area contributed by atoms with E-state index in [-0.39, 0.29) is 10.2 Å². The van der Waals surface area contributed by atoms with Crippen molar-refractivity contribution >= 4 is 20.6 Å². The lowest BCUT2D eigenvalue weighted by Crippen LogP contribution is -2.30. The Morgan fingerprint density at radius 1 is 1.29 bits per heavy atom. The molecule has 0 radical (unpaired) electrons. The van der Waals surface area contributed by atoms with Gasteiger partial charge in [-0.15, -0.1) is 0 Å². The van der Waals surface area contributed by atoms with Crippen molar-refractivity contribution < 1.29 is 12.6 Å². The van der Waals surface area contributed by atoms with Gasteiger partial charge in [0.1, 0.15) is 10.2 Å². The van der Waals surface area contributed by atoms with Gasteiger partial charge in [-0.1, -0.05) is 0 Å². The Morgan fingerprint density at radius 2 is 1.71 bits per heavy atom. The molecule has 0 aromatic heterocycles. The first-order valence-corrected chi connectivity index (χ1v) is 4.96. The topological polar surface area (TPSA) is 51.2 Å². The van der Waals surface area contributed by atoms with Crippen LogP contribution in [0.3, 0.4) is 0 Å². The van der Waals surface area contributed by atoms with E-state index < -0.39 is 20.6 Å². The van der Waals surface area contributed by atoms with Crippen molar-refractivity contribution in [3.05, 3.63) is 0 Å². The molecule has 0 aromatic carbocycles. The van der Waals surface area contributed by atoms with Gasteiger partial charge >= 0.3 is 0 Å². The first kappa shape index (κ1) is 5.24. The molecule has 1 aliphatic rings. The van der Waals surface area contributed by atoms with E-state index in [0.717, 1.165) is 0 Å². The zero-order valence-electron chi connectivity index (χ0n) is 3.46. The van der Waals surface area contributed by atoms with Crippen molar-refractivity contribution in [2.24, 2.45) is 0 Å². The van der Waals surface area contributed by atoms with Crippen LogP contribution in [0.15, 0.2) is 0 Å². The number of hydrogen-bond donors (Lipinski definition) is 0. The van der Waals surface area contributed by atoms with Crippen molar-refractivity contribution in [3.8, 4) is 0 Å². The van der Waals surface area contributed by atoms with Crippen LogP contribution in [-0.2, 0) is 20.6 Å². The molecule has 1 saturated heterocycles. The summed E-state index contributed by atoms with van der Waals surface area (Å²) >= 11 is 0. The smallest absolute Gasteiger partial charge is 0.174 e. The molecular weight excluding hydrogens is 136 g/mol. The highest BCUT2D eigenvalue weighted by atomic mass is 32.3. The van der Waals surface area contributed by atoms with Crippen molar-refractivity contribution in [2.75, 3.05) is 10.2 Å². The van der Waals surface area contributed by atoms with Gasteiger partial charge in [0.15, 0.2) is 9.84 Å². The van der Waals surface area contributed by atoms with Gasteiger partial charge in [0, 0.05) is 0 Å². The van der Waals surface area contributed by atoms with Gasteiger partial charge in [-0.3, -0.25) is 4.21 Å². The summed E-state index contributed by atoms with van der Waals surface area (Å²) in [7, 11) is -3.88. The second-order valence-corrected chi connectivity index (χ2v) is 5.67. The standard InChI is InChI=1S/C2H4O3S2/c3-6-1-7(4,5)2-6/h1-2H2. The van der Waals surface area contributed by atoms with Crippen LogP contribution in [0.2, 0.25) is 0 Å². The molecule has 0 aromatic rings. The predicted molar refractivity (Wildman–Crippen MR) is 26.8 cm³/mol. The van der Waals surface area contributed by atoms with E-state index in [2.05, 4.69) is 0 Å². The summed E-state index contributed by atoms with van der Waals surface area (Å²) in [5.41, 5.74) is 0. The average Bonchev–Trinajstić information content (AvgIpc) is 1.27. The molecule has 0 N–H and O–H groups in total. The van der Waals surface area contributed by atoms with Crippen molar-refractivity contribution in [1.29, 1.82) is 0 Å². The van der Waals surface area contributed by atoms with Crippen LogP contribution in [0.4, 0.5) is 0 Å². The van der Waals surface area contributed by atoms with E-state index in [9.17, 15) is 12.6 Å². The minimum Gasteiger partial charge on any atom is -0.257 e. The number of hydrogen-bond acceptors (Lipinski definition) is 3. The average molecular weight is 140 g/mol. The summed E-state index contributed by atoms with van der Waals surface area (Å²) in [6.45, 7) is 0. The lowest BCUT2D eigenvalue weighted by atomic mass is 11.8. The molecule has 0 aliphatic carbocycles. The lowest BCUT2D eigenvalue weighted by molar-refractivity contribution is 0.599. The summed E-state index contributed by atoms with van der Waals surface area (Å²) in [5.74, 6) is 0. The maximum atomic E-state index is 10.1. The fraction of sp³-hybridized carbons (Fsp3) is 1.00. The highest BCUT2D eigenvalue weighted by Crippen LogP contribution is 2.08. The molecule has 42 valence electrons. The van der Waals surface area contributed by atoms with Gasteiger partial charge in [-0.05, 0) is 0 Å². The third-order valence-electron chi connectivity index (χ3n) is 0.622. The Kier molecular flexibility index (Phi) is 0.964. The van der Waals surface area contributed by atoms with Crippen LogP contribution in [0.1, 0.15) is 0 Å². The zero-order valence-corrected chi connectivity index (χ0v) is 5.09. The van der Waals surface area contributed by atoms with E-state index in [4.69, 9.17) is 0 Å². The van der Waals surface area contributed by atoms with E-state index >= 15 is 0 Å². The molecule has 0 saturated carbocycles. The van der Waals surface area contributed by atoms with E-state index in [1.54, 1.807) is 0 Å². The minimum absolute atomic E-state index is 0.118. The molecule has 7 heavy (non-hydrogen) atoms. The molecule has 1 rings (SSSR count). The third kappa shape index (κ3) is 1.01. The zero-order chi connectivity index (χ0) is 5.49. The number of rotatable bonds is 0. The Morgan fingerprint density at radius 3 is 1.71 bits per heavy atom. The third-order valence-corrected chi connectivity index (χ3v) is 5.60. The van der Waals surface area contributed by atoms with Crippen LogP contribution in [0, 0.1) is 0 Å². The Balaban J connectivity index is 2.79. The number of sulfone groups is 1. The molecule has 0 atom stereocenters. The summed E-state index contributed by atoms with van der Waals surface area (Å²) in [6.07, 6.45) is 0. The largest absolute Gasteiger partial charge is 0.257 e. The van der Waals surface area contributed by atoms with Crippen molar-refractivity contribution in [1.82, 2.24) is 0 Å². The molecule has 0 unspecified atom stereocenters. The molecule has 1 aliphatic heterocycles. The molecule has 1 heterocycles. The van der Waals surface area contributed by atoms with Gasteiger partial charge in [0.25, 0.3) is 0 Å². The van der Waals surface area contributed by atoms with Crippen molar-refractivity contribution in [2.45, 2.75) is 0 Å². The first-order chi connectivity index (χ1) is 3.10. The van der Waals surface area contributed by atoms with Crippen LogP contribution in [0.5, 0.6) is 0 Å². The van der Waals surface area contributed by atoms with Gasteiger partial charge in [-0.25, -0.2) is 8.42 Å². The Hall–Kier alpha value is 0.1000. The SMILES string of the molecule is O=S1CS(=O)(=O)C1. The van der Waals surface area contributed by atoms with E-state index in [0.29, 0.717) is 0 Å². The second kappa shape index (κ2) is 1.29. The monoisotopic (exact) mass is 140 g/mol. The van der Waals surface area contributed by atoms with Gasteiger partial charge in [0.05, 0.1) is 10.8 Å². The van der Waals surface area contributed by atoms with Gasteiger partial charge in [0.2, 0.25) is 0 Å². The van der Waals surface area contributed by atoms with E-state index in [1.165, 1.54) is 0 Å². The second-order valence-electron chi connectivity index (χ2n) is 1.42. The molecule has 3 nitrogen and oxygen atoms in total. The maximum Gasteiger partial charge on any atom is 0.174 e. The first-order valence-electron chi connectivity index (χ1n) is 1.65.